The van der Waals surface area contributed by atoms with Crippen LogP contribution in [0.4, 0.5) is 0 Å². The van der Waals surface area contributed by atoms with Gasteiger partial charge in [0.25, 0.3) is 5.91 Å². The molecule has 1 saturated heterocycles. The molecule has 1 aliphatic rings. The number of nitrogens with zero attached hydrogens (tertiary/aromatic N) is 2. The topological polar surface area (TPSA) is 105 Å². The maximum Gasteiger partial charge on any atom is 0.261 e. The van der Waals surface area contributed by atoms with E-state index in [4.69, 9.17) is 21.1 Å². The van der Waals surface area contributed by atoms with Crippen molar-refractivity contribution < 1.29 is 27.5 Å². The molecule has 0 spiro atoms. The predicted octanol–water partition coefficient (Wildman–Crippen LogP) is 4.74. The van der Waals surface area contributed by atoms with Crippen LogP contribution in [0.15, 0.2) is 114 Å². The molecular weight excluding hydrogens is 638 g/mol. The number of hydrogen-bond donors (Lipinski definition) is 1. The van der Waals surface area contributed by atoms with Gasteiger partial charge in [0.15, 0.2) is 6.61 Å². The Kier molecular flexibility index (Phi) is 12.0. The molecule has 11 heteroatoms. The summed E-state index contributed by atoms with van der Waals surface area (Å²) in [4.78, 5) is 29.4. The lowest BCUT2D eigenvalue weighted by molar-refractivity contribution is -0.142. The third kappa shape index (κ3) is 9.65. The zero-order chi connectivity index (χ0) is 33.1. The summed E-state index contributed by atoms with van der Waals surface area (Å²) >= 11 is 6.13. The van der Waals surface area contributed by atoms with E-state index in [1.54, 1.807) is 12.1 Å². The van der Waals surface area contributed by atoms with Crippen molar-refractivity contribution in [2.24, 2.45) is 0 Å². The summed E-state index contributed by atoms with van der Waals surface area (Å²) < 4.78 is 38.6. The van der Waals surface area contributed by atoms with Gasteiger partial charge >= 0.3 is 0 Å². The average Bonchev–Trinajstić information content (AvgIpc) is 3.11. The molecular formula is C36H38ClN3O6S. The second-order valence-corrected chi connectivity index (χ2v) is 13.5. The number of nitrogens with one attached hydrogen (secondary N) is 1. The SMILES string of the molecule is O=C(NCCc1ccccc1)[C@H](Cc1ccccc1)N(Cc1ccc(Cl)cc1)C(=O)COc1ccc(S(=O)(=O)N2CCOCC2)cc1. The van der Waals surface area contributed by atoms with Crippen molar-refractivity contribution in [2.45, 2.75) is 30.3 Å². The average molecular weight is 676 g/mol. The molecule has 0 bridgehead atoms. The van der Waals surface area contributed by atoms with Crippen LogP contribution in [0.2, 0.25) is 5.02 Å². The summed E-state index contributed by atoms with van der Waals surface area (Å²) in [6.07, 6.45) is 0.946. The third-order valence-corrected chi connectivity index (χ3v) is 10.1. The van der Waals surface area contributed by atoms with Crippen LogP contribution < -0.4 is 10.1 Å². The summed E-state index contributed by atoms with van der Waals surface area (Å²) in [7, 11) is -3.67. The molecule has 4 aromatic rings. The second-order valence-electron chi connectivity index (χ2n) is 11.2. The zero-order valence-corrected chi connectivity index (χ0v) is 27.5. The molecule has 246 valence electrons. The van der Waals surface area contributed by atoms with E-state index in [0.29, 0.717) is 56.5 Å². The van der Waals surface area contributed by atoms with Gasteiger partial charge in [0.1, 0.15) is 11.8 Å². The molecule has 0 aromatic heterocycles. The van der Waals surface area contributed by atoms with Gasteiger partial charge < -0.3 is 19.7 Å². The first kappa shape index (κ1) is 34.1. The quantitative estimate of drug-likeness (QED) is 0.207. The number of morpholine rings is 1. The molecule has 0 aliphatic carbocycles. The van der Waals surface area contributed by atoms with Gasteiger partial charge in [0.2, 0.25) is 15.9 Å². The normalized spacial score (nSPS) is 14.2. The number of hydrogen-bond acceptors (Lipinski definition) is 6. The fraction of sp³-hybridized carbons (Fsp3) is 0.278. The Bertz CT molecular complexity index is 1700. The predicted molar refractivity (Wildman–Crippen MR) is 181 cm³/mol. The van der Waals surface area contributed by atoms with E-state index in [9.17, 15) is 18.0 Å². The minimum atomic E-state index is -3.67. The van der Waals surface area contributed by atoms with Gasteiger partial charge in [-0.05, 0) is 59.5 Å². The van der Waals surface area contributed by atoms with E-state index in [-0.39, 0.29) is 24.0 Å². The summed E-state index contributed by atoms with van der Waals surface area (Å²) in [6, 6.07) is 31.7. The molecule has 0 radical (unpaired) electrons. The molecule has 1 N–H and O–H groups in total. The van der Waals surface area contributed by atoms with E-state index in [1.807, 2.05) is 72.8 Å². The van der Waals surface area contributed by atoms with Crippen molar-refractivity contribution in [3.63, 3.8) is 0 Å². The highest BCUT2D eigenvalue weighted by molar-refractivity contribution is 7.89. The number of carbonyl (C=O) groups excluding carboxylic acids is 2. The number of halogens is 1. The van der Waals surface area contributed by atoms with Crippen LogP contribution in [0, 0.1) is 0 Å². The minimum Gasteiger partial charge on any atom is -0.484 e. The Morgan fingerprint density at radius 2 is 1.45 bits per heavy atom. The van der Waals surface area contributed by atoms with Crippen molar-refractivity contribution in [2.75, 3.05) is 39.5 Å². The van der Waals surface area contributed by atoms with Gasteiger partial charge in [-0.3, -0.25) is 9.59 Å². The zero-order valence-electron chi connectivity index (χ0n) is 26.0. The minimum absolute atomic E-state index is 0.137. The second kappa shape index (κ2) is 16.6. The molecule has 5 rings (SSSR count). The Morgan fingerprint density at radius 3 is 2.09 bits per heavy atom. The Labute approximate surface area is 281 Å². The van der Waals surface area contributed by atoms with Crippen molar-refractivity contribution in [1.82, 2.24) is 14.5 Å². The Balaban J connectivity index is 1.33. The molecule has 2 amide bonds. The van der Waals surface area contributed by atoms with E-state index in [1.165, 1.54) is 33.5 Å². The number of amides is 2. The number of sulfonamides is 1. The van der Waals surface area contributed by atoms with E-state index in [2.05, 4.69) is 5.32 Å². The van der Waals surface area contributed by atoms with Crippen molar-refractivity contribution in [3.05, 3.63) is 131 Å². The van der Waals surface area contributed by atoms with Gasteiger partial charge in [0.05, 0.1) is 18.1 Å². The number of carbonyl (C=O) groups is 2. The fourth-order valence-corrected chi connectivity index (χ4v) is 6.84. The van der Waals surface area contributed by atoms with E-state index in [0.717, 1.165) is 16.7 Å². The van der Waals surface area contributed by atoms with Gasteiger partial charge in [0, 0.05) is 37.6 Å². The first-order valence-electron chi connectivity index (χ1n) is 15.5. The first-order valence-corrected chi connectivity index (χ1v) is 17.3. The lowest BCUT2D eigenvalue weighted by Gasteiger charge is -2.31. The molecule has 47 heavy (non-hydrogen) atoms. The van der Waals surface area contributed by atoms with Gasteiger partial charge in [-0.1, -0.05) is 84.4 Å². The van der Waals surface area contributed by atoms with Crippen LogP contribution in [0.3, 0.4) is 0 Å². The molecule has 1 fully saturated rings. The Morgan fingerprint density at radius 1 is 0.830 bits per heavy atom. The standard InChI is InChI=1S/C36H38ClN3O6S/c37-31-13-11-30(12-14-31)26-40(34(25-29-9-5-2-6-10-29)36(42)38-20-19-28-7-3-1-4-8-28)35(41)27-46-32-15-17-33(18-16-32)47(43,44)39-21-23-45-24-22-39/h1-18,34H,19-27H2,(H,38,42)/t34-/m0/s1. The summed E-state index contributed by atoms with van der Waals surface area (Å²) in [6.45, 7) is 1.50. The summed E-state index contributed by atoms with van der Waals surface area (Å²) in [5.74, 6) is -0.341. The molecule has 1 atom stereocenters. The lowest BCUT2D eigenvalue weighted by Crippen LogP contribution is -2.52. The highest BCUT2D eigenvalue weighted by atomic mass is 35.5. The Hall–Kier alpha value is -4.22. The van der Waals surface area contributed by atoms with Crippen LogP contribution >= 0.6 is 11.6 Å². The van der Waals surface area contributed by atoms with Gasteiger partial charge in [-0.15, -0.1) is 0 Å². The molecule has 1 aliphatic heterocycles. The smallest absolute Gasteiger partial charge is 0.261 e. The molecule has 0 saturated carbocycles. The summed E-state index contributed by atoms with van der Waals surface area (Å²) in [5, 5.41) is 3.60. The van der Waals surface area contributed by atoms with Gasteiger partial charge in [-0.25, -0.2) is 8.42 Å². The fourth-order valence-electron chi connectivity index (χ4n) is 5.30. The molecule has 9 nitrogen and oxygen atoms in total. The molecule has 1 heterocycles. The van der Waals surface area contributed by atoms with Crippen LogP contribution in [-0.4, -0.2) is 74.9 Å². The van der Waals surface area contributed by atoms with Crippen LogP contribution in [0.25, 0.3) is 0 Å². The van der Waals surface area contributed by atoms with Crippen LogP contribution in [-0.2, 0) is 43.7 Å². The number of ether oxygens (including phenoxy) is 2. The van der Waals surface area contributed by atoms with Crippen LogP contribution in [0.5, 0.6) is 5.75 Å². The van der Waals surface area contributed by atoms with E-state index >= 15 is 0 Å². The largest absolute Gasteiger partial charge is 0.484 e. The van der Waals surface area contributed by atoms with E-state index < -0.39 is 22.0 Å². The molecule has 0 unspecified atom stereocenters. The van der Waals surface area contributed by atoms with Crippen molar-refractivity contribution in [3.8, 4) is 5.75 Å². The monoisotopic (exact) mass is 675 g/mol. The summed E-state index contributed by atoms with van der Waals surface area (Å²) in [5.41, 5.74) is 2.80. The van der Waals surface area contributed by atoms with Crippen LogP contribution in [0.1, 0.15) is 16.7 Å². The highest BCUT2D eigenvalue weighted by Gasteiger charge is 2.31. The van der Waals surface area contributed by atoms with Gasteiger partial charge in [-0.2, -0.15) is 4.31 Å². The number of benzene rings is 4. The van der Waals surface area contributed by atoms with Crippen molar-refractivity contribution >= 4 is 33.4 Å². The molecule has 4 aromatic carbocycles. The maximum atomic E-state index is 13.9. The highest BCUT2D eigenvalue weighted by Crippen LogP contribution is 2.22. The third-order valence-electron chi connectivity index (χ3n) is 7.89. The first-order chi connectivity index (χ1) is 22.8. The lowest BCUT2D eigenvalue weighted by atomic mass is 10.0. The maximum absolute atomic E-state index is 13.9. The van der Waals surface area contributed by atoms with Crippen molar-refractivity contribution in [1.29, 1.82) is 0 Å². The number of rotatable bonds is 14.